The van der Waals surface area contributed by atoms with Crippen LogP contribution in [0.4, 0.5) is 0 Å². The van der Waals surface area contributed by atoms with Crippen LogP contribution >= 0.6 is 0 Å². The van der Waals surface area contributed by atoms with E-state index in [-0.39, 0.29) is 5.41 Å². The van der Waals surface area contributed by atoms with Gasteiger partial charge in [0.1, 0.15) is 6.29 Å². The summed E-state index contributed by atoms with van der Waals surface area (Å²) < 4.78 is 5.76. The van der Waals surface area contributed by atoms with Gasteiger partial charge >= 0.3 is 0 Å². The molecule has 1 aliphatic heterocycles. The average Bonchev–Trinajstić information content (AvgIpc) is 2.31. The van der Waals surface area contributed by atoms with E-state index < -0.39 is 0 Å². The Hall–Kier alpha value is -0.410. The zero-order valence-corrected chi connectivity index (χ0v) is 12.0. The molecule has 1 aliphatic carbocycles. The molecule has 0 aromatic heterocycles. The van der Waals surface area contributed by atoms with Gasteiger partial charge in [0.15, 0.2) is 0 Å². The van der Waals surface area contributed by atoms with Crippen molar-refractivity contribution in [1.29, 1.82) is 0 Å². The lowest BCUT2D eigenvalue weighted by Gasteiger charge is -2.42. The Morgan fingerprint density at radius 1 is 1.17 bits per heavy atom. The number of carbonyl (C=O) groups excluding carboxylic acids is 1. The number of nitrogens with zero attached hydrogens (tertiary/aromatic N) is 1. The van der Waals surface area contributed by atoms with Crippen LogP contribution in [-0.2, 0) is 9.53 Å². The van der Waals surface area contributed by atoms with Gasteiger partial charge in [0, 0.05) is 25.0 Å². The Morgan fingerprint density at radius 3 is 2.22 bits per heavy atom. The summed E-state index contributed by atoms with van der Waals surface area (Å²) in [7, 11) is 0. The van der Waals surface area contributed by atoms with E-state index in [2.05, 4.69) is 25.7 Å². The van der Waals surface area contributed by atoms with Crippen molar-refractivity contribution in [2.24, 2.45) is 11.3 Å². The van der Waals surface area contributed by atoms with Gasteiger partial charge in [-0.1, -0.05) is 6.92 Å². The van der Waals surface area contributed by atoms with Crippen molar-refractivity contribution >= 4 is 6.29 Å². The molecule has 0 radical (unpaired) electrons. The monoisotopic (exact) mass is 253 g/mol. The van der Waals surface area contributed by atoms with Gasteiger partial charge in [-0.25, -0.2) is 0 Å². The molecule has 104 valence electrons. The second-order valence-electron chi connectivity index (χ2n) is 6.61. The molecule has 1 heterocycles. The van der Waals surface area contributed by atoms with Gasteiger partial charge in [-0.3, -0.25) is 4.90 Å². The van der Waals surface area contributed by atoms with E-state index in [4.69, 9.17) is 4.74 Å². The topological polar surface area (TPSA) is 29.5 Å². The number of hydrogen-bond acceptors (Lipinski definition) is 3. The zero-order valence-electron chi connectivity index (χ0n) is 12.0. The van der Waals surface area contributed by atoms with Crippen molar-refractivity contribution in [3.8, 4) is 0 Å². The SMILES string of the molecule is CC1CCC(C=O)(CN2C[C@@H](C)O[C@@H](C)C2)CC1. The van der Waals surface area contributed by atoms with Gasteiger partial charge < -0.3 is 9.53 Å². The molecule has 0 amide bonds. The summed E-state index contributed by atoms with van der Waals surface area (Å²) in [5, 5.41) is 0. The van der Waals surface area contributed by atoms with Gasteiger partial charge in [-0.2, -0.15) is 0 Å². The normalized spacial score (nSPS) is 42.7. The third-order valence-electron chi connectivity index (χ3n) is 4.55. The molecule has 18 heavy (non-hydrogen) atoms. The van der Waals surface area contributed by atoms with Crippen molar-refractivity contribution in [3.63, 3.8) is 0 Å². The maximum atomic E-state index is 11.6. The Morgan fingerprint density at radius 2 is 1.72 bits per heavy atom. The van der Waals surface area contributed by atoms with Crippen molar-refractivity contribution in [2.45, 2.75) is 58.7 Å². The number of hydrogen-bond donors (Lipinski definition) is 0. The van der Waals surface area contributed by atoms with E-state index in [0.717, 1.165) is 38.4 Å². The second-order valence-corrected chi connectivity index (χ2v) is 6.61. The van der Waals surface area contributed by atoms with E-state index >= 15 is 0 Å². The molecule has 3 nitrogen and oxygen atoms in total. The van der Waals surface area contributed by atoms with E-state index in [1.54, 1.807) is 0 Å². The molecule has 0 bridgehead atoms. The van der Waals surface area contributed by atoms with Crippen LogP contribution in [0.15, 0.2) is 0 Å². The third kappa shape index (κ3) is 3.33. The van der Waals surface area contributed by atoms with Crippen molar-refractivity contribution in [2.75, 3.05) is 19.6 Å². The van der Waals surface area contributed by atoms with E-state index in [1.807, 2.05) is 0 Å². The molecule has 2 fully saturated rings. The summed E-state index contributed by atoms with van der Waals surface area (Å²) in [5.41, 5.74) is -0.0801. The minimum absolute atomic E-state index is 0.0801. The van der Waals surface area contributed by atoms with E-state index in [1.165, 1.54) is 19.1 Å². The molecular formula is C15H27NO2. The number of morpholine rings is 1. The number of carbonyl (C=O) groups is 1. The smallest absolute Gasteiger partial charge is 0.127 e. The fraction of sp³-hybridized carbons (Fsp3) is 0.933. The first-order chi connectivity index (χ1) is 8.53. The quantitative estimate of drug-likeness (QED) is 0.724. The van der Waals surface area contributed by atoms with Crippen LogP contribution in [0.25, 0.3) is 0 Å². The Bertz CT molecular complexity index is 274. The summed E-state index contributed by atoms with van der Waals surface area (Å²) >= 11 is 0. The fourth-order valence-electron chi connectivity index (χ4n) is 3.51. The molecule has 1 saturated heterocycles. The summed E-state index contributed by atoms with van der Waals surface area (Å²) in [6.07, 6.45) is 6.36. The highest BCUT2D eigenvalue weighted by molar-refractivity contribution is 5.60. The Labute approximate surface area is 111 Å². The van der Waals surface area contributed by atoms with Crippen LogP contribution in [0.2, 0.25) is 0 Å². The molecule has 0 spiro atoms. The van der Waals surface area contributed by atoms with Crippen molar-refractivity contribution in [3.05, 3.63) is 0 Å². The van der Waals surface area contributed by atoms with Gasteiger partial charge in [0.25, 0.3) is 0 Å². The highest BCUT2D eigenvalue weighted by Gasteiger charge is 2.37. The van der Waals surface area contributed by atoms with Gasteiger partial charge in [0.2, 0.25) is 0 Å². The minimum atomic E-state index is -0.0801. The van der Waals surface area contributed by atoms with Crippen molar-refractivity contribution in [1.82, 2.24) is 4.90 Å². The summed E-state index contributed by atoms with van der Waals surface area (Å²) in [4.78, 5) is 14.0. The molecule has 2 atom stereocenters. The fourth-order valence-corrected chi connectivity index (χ4v) is 3.51. The maximum Gasteiger partial charge on any atom is 0.127 e. The van der Waals surface area contributed by atoms with Crippen LogP contribution in [0.3, 0.4) is 0 Å². The van der Waals surface area contributed by atoms with Crippen LogP contribution in [-0.4, -0.2) is 43.0 Å². The highest BCUT2D eigenvalue weighted by atomic mass is 16.5. The lowest BCUT2D eigenvalue weighted by Crippen LogP contribution is -2.50. The van der Waals surface area contributed by atoms with Gasteiger partial charge in [-0.15, -0.1) is 0 Å². The lowest BCUT2D eigenvalue weighted by molar-refractivity contribution is -0.123. The van der Waals surface area contributed by atoms with Crippen LogP contribution in [0.5, 0.6) is 0 Å². The van der Waals surface area contributed by atoms with Crippen molar-refractivity contribution < 1.29 is 9.53 Å². The minimum Gasteiger partial charge on any atom is -0.373 e. The van der Waals surface area contributed by atoms with Crippen LogP contribution in [0.1, 0.15) is 46.5 Å². The summed E-state index contributed by atoms with van der Waals surface area (Å²) in [6, 6.07) is 0. The predicted octanol–water partition coefficient (Wildman–Crippen LogP) is 2.49. The largest absolute Gasteiger partial charge is 0.373 e. The molecule has 1 saturated carbocycles. The molecule has 2 aliphatic rings. The molecular weight excluding hydrogens is 226 g/mol. The molecule has 0 aromatic carbocycles. The third-order valence-corrected chi connectivity index (χ3v) is 4.55. The van der Waals surface area contributed by atoms with Crippen LogP contribution in [0, 0.1) is 11.3 Å². The first-order valence-corrected chi connectivity index (χ1v) is 7.37. The lowest BCUT2D eigenvalue weighted by atomic mass is 9.71. The predicted molar refractivity (Wildman–Crippen MR) is 72.6 cm³/mol. The molecule has 0 unspecified atom stereocenters. The zero-order chi connectivity index (χ0) is 13.2. The summed E-state index contributed by atoms with van der Waals surface area (Å²) in [5.74, 6) is 0.792. The molecule has 0 aromatic rings. The number of rotatable bonds is 3. The Balaban J connectivity index is 1.95. The first kappa shape index (κ1) is 14.0. The highest BCUT2D eigenvalue weighted by Crippen LogP contribution is 2.38. The van der Waals surface area contributed by atoms with Gasteiger partial charge in [-0.05, 0) is 45.4 Å². The molecule has 2 rings (SSSR count). The number of ether oxygens (including phenoxy) is 1. The first-order valence-electron chi connectivity index (χ1n) is 7.37. The Kier molecular flexibility index (Phi) is 4.44. The number of aldehydes is 1. The van der Waals surface area contributed by atoms with Gasteiger partial charge in [0.05, 0.1) is 12.2 Å². The van der Waals surface area contributed by atoms with E-state index in [0.29, 0.717) is 12.2 Å². The average molecular weight is 253 g/mol. The molecule has 0 N–H and O–H groups in total. The molecule has 3 heteroatoms. The maximum absolute atomic E-state index is 11.6. The summed E-state index contributed by atoms with van der Waals surface area (Å²) in [6.45, 7) is 9.41. The second kappa shape index (κ2) is 5.70. The van der Waals surface area contributed by atoms with E-state index in [9.17, 15) is 4.79 Å². The standard InChI is InChI=1S/C15H27NO2/c1-12-4-6-15(11-17,7-5-12)10-16-8-13(2)18-14(3)9-16/h11-14H,4-10H2,1-3H3/t12?,13-,14+,15?. The van der Waals surface area contributed by atoms with Crippen LogP contribution < -0.4 is 0 Å².